The van der Waals surface area contributed by atoms with Crippen molar-refractivity contribution in [2.24, 2.45) is 4.99 Å². The second-order valence-corrected chi connectivity index (χ2v) is 2.42. The Morgan fingerprint density at radius 3 is 2.73 bits per heavy atom. The minimum atomic E-state index is 0.866. The van der Waals surface area contributed by atoms with Crippen LogP contribution in [0.4, 0.5) is 11.4 Å². The predicted molar refractivity (Wildman–Crippen MR) is 47.8 cm³/mol. The summed E-state index contributed by atoms with van der Waals surface area (Å²) in [4.78, 5) is 9.80. The maximum Gasteiger partial charge on any atom is 0.0886 e. The average molecular weight is 149 g/mol. The van der Waals surface area contributed by atoms with Crippen molar-refractivity contribution in [3.05, 3.63) is 18.5 Å². The van der Waals surface area contributed by atoms with Crippen molar-refractivity contribution in [3.8, 4) is 0 Å². The monoisotopic (exact) mass is 149 g/mol. The van der Waals surface area contributed by atoms with E-state index in [0.717, 1.165) is 11.4 Å². The highest BCUT2D eigenvalue weighted by molar-refractivity contribution is 5.66. The van der Waals surface area contributed by atoms with Crippen LogP contribution in [0, 0.1) is 0 Å². The third-order valence-electron chi connectivity index (χ3n) is 1.43. The minimum Gasteiger partial charge on any atom is -0.375 e. The Kier molecular flexibility index (Phi) is 2.21. The van der Waals surface area contributed by atoms with Crippen LogP contribution in [0.3, 0.4) is 0 Å². The molecular formula is C8H11N3. The van der Waals surface area contributed by atoms with E-state index in [4.69, 9.17) is 0 Å². The standard InChI is InChI=1S/C8H11N3/c1-9-7-4-5-10-6-8(7)11(2)3/h4-6H,1H2,2-3H3. The zero-order chi connectivity index (χ0) is 8.27. The first-order chi connectivity index (χ1) is 5.25. The normalized spacial score (nSPS) is 9.27. The summed E-state index contributed by atoms with van der Waals surface area (Å²) in [5, 5.41) is 0. The maximum absolute atomic E-state index is 3.99. The summed E-state index contributed by atoms with van der Waals surface area (Å²) in [5.41, 5.74) is 1.85. The van der Waals surface area contributed by atoms with Gasteiger partial charge in [0.1, 0.15) is 0 Å². The highest BCUT2D eigenvalue weighted by Gasteiger charge is 1.99. The predicted octanol–water partition coefficient (Wildman–Crippen LogP) is 1.48. The molecule has 0 N–H and O–H groups in total. The van der Waals surface area contributed by atoms with Gasteiger partial charge in [-0.3, -0.25) is 9.98 Å². The lowest BCUT2D eigenvalue weighted by Gasteiger charge is -2.13. The molecule has 0 fully saturated rings. The van der Waals surface area contributed by atoms with E-state index < -0.39 is 0 Å². The van der Waals surface area contributed by atoms with Gasteiger partial charge in [-0.25, -0.2) is 0 Å². The van der Waals surface area contributed by atoms with Gasteiger partial charge in [0.25, 0.3) is 0 Å². The fourth-order valence-electron chi connectivity index (χ4n) is 0.857. The number of aromatic nitrogens is 1. The molecule has 3 heteroatoms. The van der Waals surface area contributed by atoms with Crippen molar-refractivity contribution in [1.82, 2.24) is 4.98 Å². The number of pyridine rings is 1. The van der Waals surface area contributed by atoms with Gasteiger partial charge in [0.05, 0.1) is 17.6 Å². The second kappa shape index (κ2) is 3.14. The van der Waals surface area contributed by atoms with Crippen LogP contribution in [-0.2, 0) is 0 Å². The molecule has 1 aromatic rings. The van der Waals surface area contributed by atoms with Gasteiger partial charge in [-0.2, -0.15) is 0 Å². The van der Waals surface area contributed by atoms with Crippen molar-refractivity contribution in [1.29, 1.82) is 0 Å². The van der Waals surface area contributed by atoms with Crippen LogP contribution in [-0.4, -0.2) is 25.8 Å². The number of rotatable bonds is 2. The molecule has 1 rings (SSSR count). The summed E-state index contributed by atoms with van der Waals surface area (Å²) < 4.78 is 0. The summed E-state index contributed by atoms with van der Waals surface area (Å²) in [6.07, 6.45) is 3.47. The number of nitrogens with zero attached hydrogens (tertiary/aromatic N) is 3. The van der Waals surface area contributed by atoms with Gasteiger partial charge >= 0.3 is 0 Å². The minimum absolute atomic E-state index is 0.866. The lowest BCUT2D eigenvalue weighted by molar-refractivity contribution is 1.11. The molecule has 0 bridgehead atoms. The molecule has 0 aliphatic rings. The number of hydrogen-bond acceptors (Lipinski definition) is 3. The van der Waals surface area contributed by atoms with Gasteiger partial charge in [0.15, 0.2) is 0 Å². The SMILES string of the molecule is C=Nc1ccncc1N(C)C. The molecule has 0 atom stereocenters. The maximum atomic E-state index is 3.99. The molecule has 1 heterocycles. The summed E-state index contributed by atoms with van der Waals surface area (Å²) in [7, 11) is 3.90. The molecule has 0 saturated heterocycles. The van der Waals surface area contributed by atoms with Crippen molar-refractivity contribution < 1.29 is 0 Å². The van der Waals surface area contributed by atoms with E-state index in [9.17, 15) is 0 Å². The summed E-state index contributed by atoms with van der Waals surface area (Å²) in [6.45, 7) is 3.47. The van der Waals surface area contributed by atoms with Crippen LogP contribution in [0.5, 0.6) is 0 Å². The van der Waals surface area contributed by atoms with Gasteiger partial charge in [-0.15, -0.1) is 0 Å². The molecule has 3 nitrogen and oxygen atoms in total. The van der Waals surface area contributed by atoms with Crippen LogP contribution in [0.15, 0.2) is 23.5 Å². The van der Waals surface area contributed by atoms with Crippen LogP contribution in [0.2, 0.25) is 0 Å². The fraction of sp³-hybridized carbons (Fsp3) is 0.250. The summed E-state index contributed by atoms with van der Waals surface area (Å²) in [6, 6.07) is 1.84. The Balaban J connectivity index is 3.12. The average Bonchev–Trinajstić information content (AvgIpc) is 2.04. The second-order valence-electron chi connectivity index (χ2n) is 2.42. The van der Waals surface area contributed by atoms with E-state index in [2.05, 4.69) is 16.7 Å². The van der Waals surface area contributed by atoms with E-state index >= 15 is 0 Å². The van der Waals surface area contributed by atoms with E-state index in [1.54, 1.807) is 12.4 Å². The van der Waals surface area contributed by atoms with Crippen molar-refractivity contribution in [2.45, 2.75) is 0 Å². The molecule has 0 aromatic carbocycles. The van der Waals surface area contributed by atoms with Crippen molar-refractivity contribution in [2.75, 3.05) is 19.0 Å². The Morgan fingerprint density at radius 1 is 1.55 bits per heavy atom. The van der Waals surface area contributed by atoms with E-state index in [1.807, 2.05) is 25.1 Å². The Hall–Kier alpha value is -1.38. The molecule has 11 heavy (non-hydrogen) atoms. The Labute approximate surface area is 66.4 Å². The molecule has 0 aliphatic carbocycles. The van der Waals surface area contributed by atoms with Gasteiger partial charge < -0.3 is 4.90 Å². The fourth-order valence-corrected chi connectivity index (χ4v) is 0.857. The van der Waals surface area contributed by atoms with E-state index in [1.165, 1.54) is 0 Å². The molecule has 0 spiro atoms. The molecule has 58 valence electrons. The third kappa shape index (κ3) is 1.55. The zero-order valence-corrected chi connectivity index (χ0v) is 6.78. The number of anilines is 1. The number of hydrogen-bond donors (Lipinski definition) is 0. The van der Waals surface area contributed by atoms with Gasteiger partial charge in [-0.05, 0) is 12.8 Å². The summed E-state index contributed by atoms with van der Waals surface area (Å²) in [5.74, 6) is 0. The quantitative estimate of drug-likeness (QED) is 0.596. The highest BCUT2D eigenvalue weighted by Crippen LogP contribution is 2.24. The van der Waals surface area contributed by atoms with Gasteiger partial charge in [-0.1, -0.05) is 0 Å². The van der Waals surface area contributed by atoms with Crippen LogP contribution in [0.1, 0.15) is 0 Å². The first-order valence-electron chi connectivity index (χ1n) is 3.33. The molecule has 0 unspecified atom stereocenters. The topological polar surface area (TPSA) is 28.5 Å². The van der Waals surface area contributed by atoms with Crippen LogP contribution < -0.4 is 4.90 Å². The number of aliphatic imine (C=N–C) groups is 1. The summed E-state index contributed by atoms with van der Waals surface area (Å²) >= 11 is 0. The van der Waals surface area contributed by atoms with E-state index in [-0.39, 0.29) is 0 Å². The smallest absolute Gasteiger partial charge is 0.0886 e. The molecule has 0 amide bonds. The van der Waals surface area contributed by atoms with E-state index in [0.29, 0.717) is 0 Å². The first kappa shape index (κ1) is 7.72. The first-order valence-corrected chi connectivity index (χ1v) is 3.33. The molecular weight excluding hydrogens is 138 g/mol. The Bertz CT molecular complexity index is 255. The zero-order valence-electron chi connectivity index (χ0n) is 6.78. The molecule has 0 aliphatic heterocycles. The van der Waals surface area contributed by atoms with Gasteiger partial charge in [0, 0.05) is 20.3 Å². The highest BCUT2D eigenvalue weighted by atomic mass is 15.1. The van der Waals surface area contributed by atoms with Gasteiger partial charge in [0.2, 0.25) is 0 Å². The molecule has 0 saturated carbocycles. The van der Waals surface area contributed by atoms with Crippen LogP contribution in [0.25, 0.3) is 0 Å². The van der Waals surface area contributed by atoms with Crippen molar-refractivity contribution in [3.63, 3.8) is 0 Å². The lowest BCUT2D eigenvalue weighted by atomic mass is 10.3. The van der Waals surface area contributed by atoms with Crippen LogP contribution >= 0.6 is 0 Å². The molecule has 0 radical (unpaired) electrons. The molecule has 1 aromatic heterocycles. The van der Waals surface area contributed by atoms with Crippen molar-refractivity contribution >= 4 is 18.1 Å². The lowest BCUT2D eigenvalue weighted by Crippen LogP contribution is -2.08. The Morgan fingerprint density at radius 2 is 2.27 bits per heavy atom. The largest absolute Gasteiger partial charge is 0.375 e. The third-order valence-corrected chi connectivity index (χ3v) is 1.43.